The molecule has 0 amide bonds. The van der Waals surface area contributed by atoms with E-state index in [2.05, 4.69) is 35.8 Å². The zero-order chi connectivity index (χ0) is 24.4. The lowest BCUT2D eigenvalue weighted by molar-refractivity contribution is -0.275. The van der Waals surface area contributed by atoms with Crippen LogP contribution in [0.5, 0.6) is 0 Å². The lowest BCUT2D eigenvalue weighted by Gasteiger charge is -2.13. The normalized spacial score (nSPS) is 15.1. The predicted molar refractivity (Wildman–Crippen MR) is 119 cm³/mol. The number of rotatable bonds is 16. The van der Waals surface area contributed by atoms with Crippen LogP contribution in [0, 0.1) is 0 Å². The van der Waals surface area contributed by atoms with Crippen LogP contribution in [0.15, 0.2) is 0 Å². The molecule has 0 saturated carbocycles. The van der Waals surface area contributed by atoms with Crippen molar-refractivity contribution in [1.82, 2.24) is 15.0 Å². The van der Waals surface area contributed by atoms with E-state index in [4.69, 9.17) is 14.4 Å². The van der Waals surface area contributed by atoms with Crippen molar-refractivity contribution < 1.29 is 36.1 Å². The molecule has 0 spiro atoms. The molecule has 1 aromatic rings. The Morgan fingerprint density at radius 3 is 1.47 bits per heavy atom. The van der Waals surface area contributed by atoms with Gasteiger partial charge < -0.3 is 16.0 Å². The molecule has 0 bridgehead atoms. The number of nitrogens with zero attached hydrogens (tertiary/aromatic N) is 3. The first-order chi connectivity index (χ1) is 14.8. The molecule has 0 aliphatic carbocycles. The van der Waals surface area contributed by atoms with Gasteiger partial charge in [-0.05, 0) is 46.5 Å². The molecule has 3 atom stereocenters. The Morgan fingerprint density at radius 1 is 0.750 bits per heavy atom. The second-order valence-electron chi connectivity index (χ2n) is 7.37. The van der Waals surface area contributed by atoms with Crippen molar-refractivity contribution in [3.63, 3.8) is 0 Å². The molecule has 1 aromatic heterocycles. The van der Waals surface area contributed by atoms with Crippen molar-refractivity contribution >= 4 is 38.1 Å². The third kappa shape index (κ3) is 11.1. The molecule has 1 heterocycles. The van der Waals surface area contributed by atoms with Crippen LogP contribution >= 0.6 is 0 Å². The van der Waals surface area contributed by atoms with Gasteiger partial charge in [0.05, 0.1) is 16.6 Å². The first-order valence-electron chi connectivity index (χ1n) is 10.0. The molecule has 0 aliphatic rings. The van der Waals surface area contributed by atoms with E-state index in [1.54, 1.807) is 6.92 Å². The Kier molecular flexibility index (Phi) is 11.5. The van der Waals surface area contributed by atoms with Crippen LogP contribution in [-0.4, -0.2) is 82.4 Å². The molecular weight excluding hydrogens is 468 g/mol. The monoisotopic (exact) mass is 500 g/mol. The van der Waals surface area contributed by atoms with E-state index < -0.39 is 30.7 Å². The molecule has 0 saturated heterocycles. The average Bonchev–Trinajstić information content (AvgIpc) is 2.69. The van der Waals surface area contributed by atoms with Crippen LogP contribution in [0.3, 0.4) is 0 Å². The number of hydrogen-bond donors (Lipinski definition) is 6. The average molecular weight is 501 g/mol. The van der Waals surface area contributed by atoms with E-state index in [1.807, 2.05) is 0 Å². The summed E-state index contributed by atoms with van der Waals surface area (Å²) in [6, 6.07) is 0. The molecular formula is C16H32N6O8S2. The highest BCUT2D eigenvalue weighted by molar-refractivity contribution is 7.86. The van der Waals surface area contributed by atoms with Gasteiger partial charge in [-0.1, -0.05) is 0 Å². The Balaban J connectivity index is 2.78. The summed E-state index contributed by atoms with van der Waals surface area (Å²) in [4.78, 5) is 16.8. The van der Waals surface area contributed by atoms with E-state index in [-0.39, 0.29) is 49.9 Å². The minimum absolute atomic E-state index is 0.112. The highest BCUT2D eigenvalue weighted by Crippen LogP contribution is 2.12. The van der Waals surface area contributed by atoms with E-state index in [0.29, 0.717) is 19.4 Å². The molecule has 3 unspecified atom stereocenters. The highest BCUT2D eigenvalue weighted by atomic mass is 32.2. The summed E-state index contributed by atoms with van der Waals surface area (Å²) in [7, 11) is -8.29. The van der Waals surface area contributed by atoms with Crippen LogP contribution in [0.1, 0.15) is 46.5 Å². The van der Waals surface area contributed by atoms with Gasteiger partial charge in [-0.15, -0.1) is 0 Å². The first kappa shape index (κ1) is 28.2. The van der Waals surface area contributed by atoms with Crippen molar-refractivity contribution in [2.24, 2.45) is 0 Å². The van der Waals surface area contributed by atoms with E-state index in [1.165, 1.54) is 13.8 Å². The smallest absolute Gasteiger partial charge is 0.267 e. The predicted octanol–water partition coefficient (Wildman–Crippen LogP) is 1.10. The quantitative estimate of drug-likeness (QED) is 0.0811. The number of hydrogen-bond acceptors (Lipinski definition) is 12. The van der Waals surface area contributed by atoms with Gasteiger partial charge >= 0.3 is 0 Å². The van der Waals surface area contributed by atoms with Crippen molar-refractivity contribution in [1.29, 1.82) is 0 Å². The van der Waals surface area contributed by atoms with Gasteiger partial charge in [-0.2, -0.15) is 31.8 Å². The fraction of sp³-hybridized carbons (Fsp3) is 0.812. The van der Waals surface area contributed by atoms with E-state index >= 15 is 0 Å². The maximum Gasteiger partial charge on any atom is 0.267 e. The van der Waals surface area contributed by atoms with Gasteiger partial charge in [0.25, 0.3) is 20.2 Å². The third-order valence-corrected chi connectivity index (χ3v) is 7.08. The van der Waals surface area contributed by atoms with Crippen molar-refractivity contribution in [2.75, 3.05) is 35.6 Å². The highest BCUT2D eigenvalue weighted by Gasteiger charge is 2.18. The second-order valence-corrected chi connectivity index (χ2v) is 11.0. The molecule has 14 nitrogen and oxygen atoms in total. The number of anilines is 3. The maximum atomic E-state index is 11.1. The zero-order valence-electron chi connectivity index (χ0n) is 18.2. The SMILES string of the molecule is CC(CCCNc1nc(NCCC(C)S(=O)(=O)O)nc(NCCC(C)S(=O)(=O)O)n1)OO. The van der Waals surface area contributed by atoms with Gasteiger partial charge in [-0.3, -0.25) is 14.4 Å². The standard InChI is InChI=1S/C16H32N6O8S2/c1-11(30-23)5-4-8-17-14-20-15(18-9-6-12(2)31(24,25)26)22-16(21-14)19-10-7-13(3)32(27,28)29/h11-13,23H,4-10H2,1-3H3,(H,24,25,26)(H,27,28,29)(H3,17,18,19,20,21,22). The van der Waals surface area contributed by atoms with E-state index in [0.717, 1.165) is 0 Å². The van der Waals surface area contributed by atoms with Crippen molar-refractivity contribution in [3.8, 4) is 0 Å². The number of aromatic nitrogens is 3. The second kappa shape index (κ2) is 13.0. The molecule has 0 aliphatic heterocycles. The summed E-state index contributed by atoms with van der Waals surface area (Å²) in [5.74, 6) is 0.498. The summed E-state index contributed by atoms with van der Waals surface area (Å²) in [5.41, 5.74) is 0. The molecule has 0 radical (unpaired) electrons. The van der Waals surface area contributed by atoms with Gasteiger partial charge in [0, 0.05) is 19.6 Å². The molecule has 1 rings (SSSR count). The third-order valence-electron chi connectivity index (χ3n) is 4.57. The summed E-state index contributed by atoms with van der Waals surface area (Å²) < 4.78 is 62.6. The van der Waals surface area contributed by atoms with Crippen molar-refractivity contribution in [3.05, 3.63) is 0 Å². The summed E-state index contributed by atoms with van der Waals surface area (Å²) in [6.45, 7) is 5.25. The summed E-state index contributed by atoms with van der Waals surface area (Å²) in [5, 5.41) is 15.4. The fourth-order valence-electron chi connectivity index (χ4n) is 2.33. The van der Waals surface area contributed by atoms with Crippen LogP contribution in [-0.2, 0) is 25.1 Å². The minimum atomic E-state index is -4.15. The van der Waals surface area contributed by atoms with Gasteiger partial charge in [0.1, 0.15) is 0 Å². The van der Waals surface area contributed by atoms with Gasteiger partial charge in [0.15, 0.2) is 0 Å². The van der Waals surface area contributed by atoms with Gasteiger partial charge in [-0.25, -0.2) is 4.89 Å². The first-order valence-corrected chi connectivity index (χ1v) is 13.0. The molecule has 186 valence electrons. The molecule has 0 fully saturated rings. The van der Waals surface area contributed by atoms with Gasteiger partial charge in [0.2, 0.25) is 17.8 Å². The molecule has 32 heavy (non-hydrogen) atoms. The Bertz CT molecular complexity index is 853. The Hall–Kier alpha value is -1.85. The molecule has 6 N–H and O–H groups in total. The summed E-state index contributed by atoms with van der Waals surface area (Å²) >= 11 is 0. The van der Waals surface area contributed by atoms with E-state index in [9.17, 15) is 16.8 Å². The van der Waals surface area contributed by atoms with Crippen molar-refractivity contribution in [2.45, 2.75) is 63.1 Å². The summed E-state index contributed by atoms with van der Waals surface area (Å²) in [6.07, 6.45) is 1.14. The largest absolute Gasteiger partial charge is 0.354 e. The van der Waals surface area contributed by atoms with Crippen LogP contribution in [0.2, 0.25) is 0 Å². The molecule has 0 aromatic carbocycles. The Labute approximate surface area is 188 Å². The van der Waals surface area contributed by atoms with Crippen LogP contribution in [0.4, 0.5) is 17.8 Å². The zero-order valence-corrected chi connectivity index (χ0v) is 19.9. The fourth-order valence-corrected chi connectivity index (χ4v) is 3.16. The minimum Gasteiger partial charge on any atom is -0.354 e. The Morgan fingerprint density at radius 2 is 1.12 bits per heavy atom. The lowest BCUT2D eigenvalue weighted by Crippen LogP contribution is -2.22. The lowest BCUT2D eigenvalue weighted by atomic mass is 10.2. The maximum absolute atomic E-state index is 11.1. The van der Waals surface area contributed by atoms with Crippen LogP contribution < -0.4 is 16.0 Å². The van der Waals surface area contributed by atoms with Crippen LogP contribution in [0.25, 0.3) is 0 Å². The number of nitrogens with one attached hydrogen (secondary N) is 3. The molecule has 16 heteroatoms. The topological polar surface area (TPSA) is 213 Å².